The summed E-state index contributed by atoms with van der Waals surface area (Å²) in [4.78, 5) is 0. The fourth-order valence-electron chi connectivity index (χ4n) is 1.33. The first-order valence-corrected chi connectivity index (χ1v) is 3.91. The predicted molar refractivity (Wildman–Crippen MR) is 43.9 cm³/mol. The standard InChI is InChI=1S/C7H15ClN2/c1-6(2)5-9-7(3,4)10(6)8/h9H,5H2,1-4H3. The average Bonchev–Trinajstić information content (AvgIpc) is 1.95. The normalized spacial score (nSPS) is 30.9. The van der Waals surface area contributed by atoms with E-state index in [9.17, 15) is 0 Å². The van der Waals surface area contributed by atoms with Crippen molar-refractivity contribution in [3.8, 4) is 0 Å². The van der Waals surface area contributed by atoms with Gasteiger partial charge in [-0.25, -0.2) is 0 Å². The van der Waals surface area contributed by atoms with Crippen LogP contribution in [0.25, 0.3) is 0 Å². The molecular weight excluding hydrogens is 148 g/mol. The zero-order valence-electron chi connectivity index (χ0n) is 7.03. The van der Waals surface area contributed by atoms with Gasteiger partial charge in [0.2, 0.25) is 0 Å². The summed E-state index contributed by atoms with van der Waals surface area (Å²) in [5.74, 6) is 0. The second kappa shape index (κ2) is 2.10. The third kappa shape index (κ3) is 1.16. The van der Waals surface area contributed by atoms with Gasteiger partial charge in [0.05, 0.1) is 5.66 Å². The van der Waals surface area contributed by atoms with Crippen molar-refractivity contribution in [3.05, 3.63) is 0 Å². The Kier molecular flexibility index (Phi) is 1.74. The Balaban J connectivity index is 2.77. The van der Waals surface area contributed by atoms with E-state index >= 15 is 0 Å². The summed E-state index contributed by atoms with van der Waals surface area (Å²) in [7, 11) is 0. The minimum absolute atomic E-state index is 0.0644. The first-order chi connectivity index (χ1) is 4.36. The first kappa shape index (κ1) is 8.31. The number of hydrogen-bond donors (Lipinski definition) is 1. The molecular formula is C7H15ClN2. The molecule has 10 heavy (non-hydrogen) atoms. The van der Waals surface area contributed by atoms with Crippen LogP contribution in [-0.4, -0.2) is 22.2 Å². The predicted octanol–water partition coefficient (Wildman–Crippen LogP) is 1.56. The molecule has 0 bridgehead atoms. The molecule has 0 amide bonds. The van der Waals surface area contributed by atoms with E-state index in [0.717, 1.165) is 6.54 Å². The van der Waals surface area contributed by atoms with E-state index in [1.165, 1.54) is 0 Å². The van der Waals surface area contributed by atoms with Crippen molar-refractivity contribution >= 4 is 11.8 Å². The number of nitrogens with zero attached hydrogens (tertiary/aromatic N) is 1. The van der Waals surface area contributed by atoms with Crippen LogP contribution in [-0.2, 0) is 0 Å². The quantitative estimate of drug-likeness (QED) is 0.544. The van der Waals surface area contributed by atoms with Crippen LogP contribution in [0.2, 0.25) is 0 Å². The fraction of sp³-hybridized carbons (Fsp3) is 1.00. The highest BCUT2D eigenvalue weighted by Gasteiger charge is 2.43. The second-order valence-electron chi connectivity index (χ2n) is 4.01. The zero-order chi connectivity index (χ0) is 7.99. The van der Waals surface area contributed by atoms with Crippen molar-refractivity contribution < 1.29 is 0 Å². The summed E-state index contributed by atoms with van der Waals surface area (Å²) >= 11 is 6.07. The van der Waals surface area contributed by atoms with Crippen LogP contribution in [0.1, 0.15) is 27.7 Å². The van der Waals surface area contributed by atoms with Crippen LogP contribution in [0.3, 0.4) is 0 Å². The van der Waals surface area contributed by atoms with Gasteiger partial charge in [0.25, 0.3) is 0 Å². The lowest BCUT2D eigenvalue weighted by atomic mass is 10.1. The maximum atomic E-state index is 6.07. The van der Waals surface area contributed by atoms with Gasteiger partial charge in [-0.3, -0.25) is 5.32 Å². The molecule has 60 valence electrons. The lowest BCUT2D eigenvalue weighted by molar-refractivity contribution is 0.192. The largest absolute Gasteiger partial charge is 0.297 e. The van der Waals surface area contributed by atoms with Gasteiger partial charge in [-0.15, -0.1) is 0 Å². The van der Waals surface area contributed by atoms with Crippen LogP contribution in [0.5, 0.6) is 0 Å². The minimum Gasteiger partial charge on any atom is -0.297 e. The molecule has 0 aromatic heterocycles. The van der Waals surface area contributed by atoms with Gasteiger partial charge in [0.1, 0.15) is 0 Å². The molecule has 0 radical (unpaired) electrons. The van der Waals surface area contributed by atoms with Gasteiger partial charge >= 0.3 is 0 Å². The zero-order valence-corrected chi connectivity index (χ0v) is 7.79. The van der Waals surface area contributed by atoms with E-state index in [-0.39, 0.29) is 11.2 Å². The van der Waals surface area contributed by atoms with Gasteiger partial charge in [-0.2, -0.15) is 4.42 Å². The van der Waals surface area contributed by atoms with E-state index in [2.05, 4.69) is 33.0 Å². The van der Waals surface area contributed by atoms with Crippen molar-refractivity contribution in [1.29, 1.82) is 0 Å². The van der Waals surface area contributed by atoms with Crippen molar-refractivity contribution in [2.45, 2.75) is 38.9 Å². The number of halogens is 1. The highest BCUT2D eigenvalue weighted by molar-refractivity contribution is 6.14. The van der Waals surface area contributed by atoms with E-state index in [0.29, 0.717) is 0 Å². The van der Waals surface area contributed by atoms with E-state index < -0.39 is 0 Å². The maximum absolute atomic E-state index is 6.07. The summed E-state index contributed by atoms with van der Waals surface area (Å²) in [5, 5.41) is 3.33. The highest BCUT2D eigenvalue weighted by atomic mass is 35.5. The topological polar surface area (TPSA) is 15.3 Å². The van der Waals surface area contributed by atoms with E-state index in [1.54, 1.807) is 0 Å². The summed E-state index contributed by atoms with van der Waals surface area (Å²) in [6.45, 7) is 9.36. The lowest BCUT2D eigenvalue weighted by Gasteiger charge is -2.32. The molecule has 0 aliphatic carbocycles. The van der Waals surface area contributed by atoms with Crippen LogP contribution >= 0.6 is 11.8 Å². The van der Waals surface area contributed by atoms with Gasteiger partial charge < -0.3 is 0 Å². The molecule has 2 nitrogen and oxygen atoms in total. The molecule has 0 aromatic carbocycles. The molecule has 1 saturated heterocycles. The Morgan fingerprint density at radius 3 is 1.90 bits per heavy atom. The maximum Gasteiger partial charge on any atom is 0.0805 e. The van der Waals surface area contributed by atoms with Crippen molar-refractivity contribution in [2.24, 2.45) is 0 Å². The SMILES string of the molecule is CC1(C)CNC(C)(C)N1Cl. The molecule has 1 aliphatic rings. The molecule has 0 aromatic rings. The van der Waals surface area contributed by atoms with Crippen LogP contribution < -0.4 is 5.32 Å². The van der Waals surface area contributed by atoms with Gasteiger partial charge in [0.15, 0.2) is 0 Å². The average molecular weight is 163 g/mol. The number of rotatable bonds is 0. The Morgan fingerprint density at radius 2 is 1.80 bits per heavy atom. The van der Waals surface area contributed by atoms with Gasteiger partial charge in [-0.05, 0) is 39.5 Å². The van der Waals surface area contributed by atoms with Gasteiger partial charge in [0, 0.05) is 12.1 Å². The molecule has 1 heterocycles. The third-order valence-corrected chi connectivity index (χ3v) is 2.86. The van der Waals surface area contributed by atoms with Crippen LogP contribution in [0.4, 0.5) is 0 Å². The molecule has 0 saturated carbocycles. The second-order valence-corrected chi connectivity index (χ2v) is 4.34. The van der Waals surface area contributed by atoms with Crippen molar-refractivity contribution in [1.82, 2.24) is 9.74 Å². The van der Waals surface area contributed by atoms with Crippen molar-refractivity contribution in [2.75, 3.05) is 6.54 Å². The molecule has 1 aliphatic heterocycles. The minimum atomic E-state index is -0.0644. The first-order valence-electron chi connectivity index (χ1n) is 3.57. The molecule has 1 fully saturated rings. The Bertz CT molecular complexity index is 127. The Labute approximate surface area is 67.6 Å². The summed E-state index contributed by atoms with van der Waals surface area (Å²) in [6, 6.07) is 0. The monoisotopic (exact) mass is 162 g/mol. The molecule has 0 atom stereocenters. The molecule has 1 N–H and O–H groups in total. The van der Waals surface area contributed by atoms with E-state index in [4.69, 9.17) is 11.8 Å². The lowest BCUT2D eigenvalue weighted by Crippen LogP contribution is -2.44. The number of nitrogens with one attached hydrogen (secondary N) is 1. The molecule has 1 rings (SSSR count). The number of hydrogen-bond acceptors (Lipinski definition) is 2. The van der Waals surface area contributed by atoms with Crippen molar-refractivity contribution in [3.63, 3.8) is 0 Å². The highest BCUT2D eigenvalue weighted by Crippen LogP contribution is 2.31. The third-order valence-electron chi connectivity index (χ3n) is 1.98. The van der Waals surface area contributed by atoms with E-state index in [1.807, 2.05) is 4.42 Å². The fourth-order valence-corrected chi connectivity index (χ4v) is 1.45. The summed E-state index contributed by atoms with van der Waals surface area (Å²) < 4.78 is 1.85. The smallest absolute Gasteiger partial charge is 0.0805 e. The summed E-state index contributed by atoms with van der Waals surface area (Å²) in [5.41, 5.74) is 0.0100. The molecule has 3 heteroatoms. The van der Waals surface area contributed by atoms with Gasteiger partial charge in [-0.1, -0.05) is 0 Å². The van der Waals surface area contributed by atoms with Crippen LogP contribution in [0.15, 0.2) is 0 Å². The molecule has 0 unspecified atom stereocenters. The Hall–Kier alpha value is 0.210. The Morgan fingerprint density at radius 1 is 1.30 bits per heavy atom. The molecule has 0 spiro atoms. The summed E-state index contributed by atoms with van der Waals surface area (Å²) in [6.07, 6.45) is 0. The van der Waals surface area contributed by atoms with Crippen LogP contribution in [0, 0.1) is 0 Å².